The van der Waals surface area contributed by atoms with E-state index in [9.17, 15) is 14.3 Å². The Kier molecular flexibility index (Phi) is 8.04. The molecule has 42 heavy (non-hydrogen) atoms. The van der Waals surface area contributed by atoms with Crippen LogP contribution in [0.1, 0.15) is 12.1 Å². The number of amides is 1. The predicted octanol–water partition coefficient (Wildman–Crippen LogP) is 4.25. The molecule has 0 radical (unpaired) electrons. The normalized spacial score (nSPS) is 17.0. The minimum atomic E-state index is -0.332. The second-order valence-electron chi connectivity index (χ2n) is 10.0. The van der Waals surface area contributed by atoms with E-state index >= 15 is 0 Å². The number of hydrogen-bond acceptors (Lipinski definition) is 9. The van der Waals surface area contributed by atoms with E-state index < -0.39 is 0 Å². The number of carbonyl (C=O) groups excluding carboxylic acids is 1. The summed E-state index contributed by atoms with van der Waals surface area (Å²) in [6, 6.07) is 18.8. The molecule has 0 spiro atoms. The summed E-state index contributed by atoms with van der Waals surface area (Å²) >= 11 is 1.40. The number of rotatable bonds is 10. The van der Waals surface area contributed by atoms with E-state index in [4.69, 9.17) is 9.72 Å². The second kappa shape index (κ2) is 12.2. The van der Waals surface area contributed by atoms with Gasteiger partial charge in [-0.05, 0) is 79.3 Å². The van der Waals surface area contributed by atoms with Gasteiger partial charge in [0.2, 0.25) is 11.1 Å². The molecule has 3 aromatic heterocycles. The van der Waals surface area contributed by atoms with Crippen LogP contribution in [-0.2, 0) is 4.79 Å². The number of aryl methyl sites for hydroxylation is 1. The number of hydrogen-bond donors (Lipinski definition) is 4. The number of aliphatic hydroxyl groups excluding tert-OH is 1. The van der Waals surface area contributed by atoms with Crippen molar-refractivity contribution in [3.8, 4) is 5.75 Å². The van der Waals surface area contributed by atoms with Gasteiger partial charge in [0.05, 0.1) is 13.2 Å². The van der Waals surface area contributed by atoms with Crippen LogP contribution in [0.25, 0.3) is 5.52 Å². The van der Waals surface area contributed by atoms with E-state index in [-0.39, 0.29) is 37.0 Å². The number of likely N-dealkylation sites (tertiary alicyclic amines) is 1. The molecule has 13 heteroatoms. The molecule has 2 atom stereocenters. The molecule has 1 fully saturated rings. The maximum Gasteiger partial charge on any atom is 0.238 e. The first kappa shape index (κ1) is 27.7. The molecule has 11 nitrogen and oxygen atoms in total. The molecule has 1 saturated heterocycles. The molecule has 0 unspecified atom stereocenters. The Hall–Kier alpha value is -4.46. The molecule has 0 saturated carbocycles. The van der Waals surface area contributed by atoms with Crippen LogP contribution in [0.5, 0.6) is 5.75 Å². The number of aromatic amines is 1. The summed E-state index contributed by atoms with van der Waals surface area (Å²) in [5.74, 6) is 1.34. The van der Waals surface area contributed by atoms with E-state index in [1.54, 1.807) is 16.6 Å². The smallest absolute Gasteiger partial charge is 0.238 e. The predicted molar refractivity (Wildman–Crippen MR) is 157 cm³/mol. The van der Waals surface area contributed by atoms with Gasteiger partial charge in [0.15, 0.2) is 11.6 Å². The Morgan fingerprint density at radius 2 is 2.00 bits per heavy atom. The lowest BCUT2D eigenvalue weighted by molar-refractivity contribution is -0.117. The third kappa shape index (κ3) is 6.54. The summed E-state index contributed by atoms with van der Waals surface area (Å²) in [7, 11) is 0. The summed E-state index contributed by atoms with van der Waals surface area (Å²) in [5.41, 5.74) is 2.42. The Bertz CT molecular complexity index is 1670. The van der Waals surface area contributed by atoms with Gasteiger partial charge in [-0.1, -0.05) is 0 Å². The zero-order chi connectivity index (χ0) is 29.1. The third-order valence-corrected chi connectivity index (χ3v) is 7.70. The number of nitrogens with zero attached hydrogens (tertiary/aromatic N) is 5. The molecule has 6 rings (SSSR count). The molecule has 216 valence electrons. The average molecular weight is 589 g/mol. The molecular weight excluding hydrogens is 559 g/mol. The maximum absolute atomic E-state index is 13.2. The first-order valence-electron chi connectivity index (χ1n) is 13.4. The van der Waals surface area contributed by atoms with Crippen LogP contribution in [0, 0.1) is 12.7 Å². The van der Waals surface area contributed by atoms with Gasteiger partial charge in [0.25, 0.3) is 0 Å². The maximum atomic E-state index is 13.2. The summed E-state index contributed by atoms with van der Waals surface area (Å²) in [6.45, 7) is 2.44. The Labute approximate surface area is 245 Å². The van der Waals surface area contributed by atoms with Crippen LogP contribution in [0.2, 0.25) is 0 Å². The van der Waals surface area contributed by atoms with E-state index in [0.717, 1.165) is 16.1 Å². The lowest BCUT2D eigenvalue weighted by Crippen LogP contribution is -2.39. The van der Waals surface area contributed by atoms with Crippen molar-refractivity contribution in [1.29, 1.82) is 0 Å². The van der Waals surface area contributed by atoms with E-state index in [1.807, 2.05) is 60.5 Å². The van der Waals surface area contributed by atoms with Crippen molar-refractivity contribution in [1.82, 2.24) is 29.7 Å². The van der Waals surface area contributed by atoms with Gasteiger partial charge in [-0.2, -0.15) is 5.10 Å². The molecule has 1 amide bonds. The van der Waals surface area contributed by atoms with Gasteiger partial charge in [-0.3, -0.25) is 14.8 Å². The van der Waals surface area contributed by atoms with Crippen molar-refractivity contribution in [2.45, 2.75) is 35.5 Å². The SMILES string of the molecule is Cc1cc(Nc2nc(Sc3ccc(NC(=O)CN4C[C@H](Oc5ccc(F)cc5)C[C@H]4CO)cc3)nn3cccc23)n[nH]1. The molecule has 5 aromatic rings. The zero-order valence-corrected chi connectivity index (χ0v) is 23.5. The lowest BCUT2D eigenvalue weighted by Gasteiger charge is -2.21. The molecule has 1 aliphatic rings. The quantitative estimate of drug-likeness (QED) is 0.189. The number of carbonyl (C=O) groups is 1. The molecular formula is C29H29FN8O3S. The Balaban J connectivity index is 1.06. The van der Waals surface area contributed by atoms with Crippen LogP contribution < -0.4 is 15.4 Å². The number of ether oxygens (including phenoxy) is 1. The monoisotopic (exact) mass is 588 g/mol. The van der Waals surface area contributed by atoms with Crippen LogP contribution in [0.4, 0.5) is 21.7 Å². The molecule has 0 aliphatic carbocycles. The number of anilines is 3. The van der Waals surface area contributed by atoms with E-state index in [0.29, 0.717) is 41.2 Å². The number of nitrogens with one attached hydrogen (secondary N) is 3. The minimum absolute atomic E-state index is 0.0854. The van der Waals surface area contributed by atoms with Crippen LogP contribution in [0.3, 0.4) is 0 Å². The fraction of sp³-hybridized carbons (Fsp3) is 0.241. The van der Waals surface area contributed by atoms with Crippen molar-refractivity contribution in [2.75, 3.05) is 30.3 Å². The Morgan fingerprint density at radius 3 is 2.74 bits per heavy atom. The van der Waals surface area contributed by atoms with Crippen LogP contribution in [-0.4, -0.2) is 72.6 Å². The first-order valence-corrected chi connectivity index (χ1v) is 14.2. The number of halogens is 1. The molecule has 2 aromatic carbocycles. The third-order valence-electron chi connectivity index (χ3n) is 6.83. The summed E-state index contributed by atoms with van der Waals surface area (Å²) in [6.07, 6.45) is 2.23. The number of aliphatic hydroxyl groups is 1. The highest BCUT2D eigenvalue weighted by molar-refractivity contribution is 7.99. The van der Waals surface area contributed by atoms with Crippen LogP contribution in [0.15, 0.2) is 83.0 Å². The number of fused-ring (bicyclic) bond motifs is 1. The van der Waals surface area contributed by atoms with Crippen LogP contribution >= 0.6 is 11.8 Å². The Morgan fingerprint density at radius 1 is 1.19 bits per heavy atom. The zero-order valence-electron chi connectivity index (χ0n) is 22.7. The van der Waals surface area contributed by atoms with Crippen molar-refractivity contribution in [3.63, 3.8) is 0 Å². The molecule has 1 aliphatic heterocycles. The lowest BCUT2D eigenvalue weighted by atomic mass is 10.2. The molecule has 0 bridgehead atoms. The van der Waals surface area contributed by atoms with Gasteiger partial charge < -0.3 is 20.5 Å². The summed E-state index contributed by atoms with van der Waals surface area (Å²) in [5, 5.41) is 28.3. The summed E-state index contributed by atoms with van der Waals surface area (Å²) < 4.78 is 20.9. The van der Waals surface area contributed by atoms with Crippen molar-refractivity contribution in [2.24, 2.45) is 0 Å². The van der Waals surface area contributed by atoms with Gasteiger partial charge in [0.1, 0.15) is 23.2 Å². The minimum Gasteiger partial charge on any atom is -0.489 e. The standard InChI is InChI=1S/C29H29FN8O3S/c1-18-13-26(35-34-18)32-28-25-3-2-12-38(25)36-29(33-28)42-24-10-6-20(7-11-24)31-27(40)16-37-15-23(14-21(37)17-39)41-22-8-4-19(30)5-9-22/h2-13,21,23,39H,14-17H2,1H3,(H,31,40)(H2,32,33,34,35,36)/t21-,23+/m0/s1. The highest BCUT2D eigenvalue weighted by Gasteiger charge is 2.34. The first-order chi connectivity index (χ1) is 20.4. The van der Waals surface area contributed by atoms with Crippen molar-refractivity contribution in [3.05, 3.63) is 84.4 Å². The van der Waals surface area contributed by atoms with Crippen molar-refractivity contribution >= 4 is 40.5 Å². The van der Waals surface area contributed by atoms with E-state index in [1.165, 1.54) is 23.9 Å². The summed E-state index contributed by atoms with van der Waals surface area (Å²) in [4.78, 5) is 20.3. The highest BCUT2D eigenvalue weighted by atomic mass is 32.2. The number of benzene rings is 2. The number of aromatic nitrogens is 5. The topological polar surface area (TPSA) is 133 Å². The highest BCUT2D eigenvalue weighted by Crippen LogP contribution is 2.29. The molecule has 4 heterocycles. The van der Waals surface area contributed by atoms with Gasteiger partial charge >= 0.3 is 0 Å². The largest absolute Gasteiger partial charge is 0.489 e. The fourth-order valence-electron chi connectivity index (χ4n) is 4.86. The number of H-pyrrole nitrogens is 1. The average Bonchev–Trinajstić information content (AvgIpc) is 3.71. The van der Waals surface area contributed by atoms with Gasteiger partial charge in [-0.25, -0.2) is 13.9 Å². The van der Waals surface area contributed by atoms with Gasteiger partial charge in [0, 0.05) is 47.5 Å². The van der Waals surface area contributed by atoms with E-state index in [2.05, 4.69) is 25.9 Å². The molecule has 4 N–H and O–H groups in total. The second-order valence-corrected chi connectivity index (χ2v) is 11.1. The van der Waals surface area contributed by atoms with Crippen molar-refractivity contribution < 1.29 is 19.0 Å². The van der Waals surface area contributed by atoms with Gasteiger partial charge in [-0.15, -0.1) is 5.10 Å². The fourth-order valence-corrected chi connectivity index (χ4v) is 5.61.